The van der Waals surface area contributed by atoms with Crippen LogP contribution in [0.25, 0.3) is 126 Å². The first kappa shape index (κ1) is 78.1. The van der Waals surface area contributed by atoms with Crippen molar-refractivity contribution in [3.63, 3.8) is 0 Å². The van der Waals surface area contributed by atoms with Crippen LogP contribution in [-0.2, 0) is 4.74 Å². The summed E-state index contributed by atoms with van der Waals surface area (Å²) in [6, 6.07) is 82.7. The molecule has 3 aromatic heterocycles. The number of allylic oxidation sites excluding steroid dienone is 2. The first-order chi connectivity index (χ1) is 61.2. The number of benzene rings is 15. The molecular formula is C108H69N5O13. The molecule has 1 saturated heterocycles. The minimum atomic E-state index is -0.503. The van der Waals surface area contributed by atoms with Crippen molar-refractivity contribution in [3.05, 3.63) is 391 Å². The predicted molar refractivity (Wildman–Crippen MR) is 486 cm³/mol. The number of amides is 4. The Morgan fingerprint density at radius 2 is 0.690 bits per heavy atom. The van der Waals surface area contributed by atoms with Crippen molar-refractivity contribution >= 4 is 162 Å². The summed E-state index contributed by atoms with van der Waals surface area (Å²) >= 11 is 0. The Labute approximate surface area is 717 Å². The minimum Gasteiger partial charge on any atom is -0.455 e. The standard InChI is InChI=1S/C25H11NO4.C22H15NO.C20H19NO.C15H7NO4.C13H9NO.C13H8O2/c27-18-9-19(28)15-6-2-11-13-4-8-17-23-16(24(29)26-25(17)30)7-3-12(21(13)23)10-1-5-14(18)22(15)20(10)11;1-15-6-10-17(11-7-15)21-19-4-2-3-5-20(19)22(24-21)18-12-8-16(14-23)9-13-18;1-14-6-8-15(9-7-14)19-17-4-2-3-5-18(17)20(22-19)16-10-12-21-13-11-16;17-10-5-11(18)7-2-4-9-13-8(14(19)16-15(9)20)3-1-6(10)12(7)13;1-8-10-6-2-4-9-5-3-7-11(12(9)10)13(15)14-8;14-11-7-12(15)10-6-2-4-8-3-1-5-9(11)13(8)10/h1-8H,9H2,(H,26,29,30);2-13H,1H3;2-13,17-20H,1H3;1-4H,5H2,(H,16,19,20);2-7H,1H2,(H,14,15);1-6H,7H2. The molecule has 4 aliphatic carbocycles. The number of nitrogens with one attached hydrogen (secondary N) is 3. The third-order valence-electron chi connectivity index (χ3n) is 24.8. The monoisotopic (exact) mass is 1640 g/mol. The molecule has 4 atom stereocenters. The highest BCUT2D eigenvalue weighted by Gasteiger charge is 2.44. The Morgan fingerprint density at radius 3 is 1.14 bits per heavy atom. The topological polar surface area (TPSA) is 287 Å². The van der Waals surface area contributed by atoms with Gasteiger partial charge in [-0.3, -0.25) is 68.4 Å². The van der Waals surface area contributed by atoms with Gasteiger partial charge >= 0.3 is 0 Å². The number of ketones is 6. The highest BCUT2D eigenvalue weighted by Crippen LogP contribution is 2.52. The number of hydrogen-bond acceptors (Lipinski definition) is 15. The van der Waals surface area contributed by atoms with E-state index in [2.05, 4.69) is 144 Å². The molecule has 4 amide bonds. The van der Waals surface area contributed by atoms with Gasteiger partial charge in [0.05, 0.1) is 43.1 Å². The minimum absolute atomic E-state index is 0.0100. The van der Waals surface area contributed by atoms with Crippen LogP contribution < -0.4 is 21.5 Å². The maximum atomic E-state index is 12.6. The van der Waals surface area contributed by atoms with Crippen LogP contribution in [-0.4, -0.2) is 68.3 Å². The van der Waals surface area contributed by atoms with Crippen LogP contribution in [0, 0.1) is 37.0 Å². The van der Waals surface area contributed by atoms with Crippen molar-refractivity contribution < 1.29 is 57.1 Å². The molecule has 3 aliphatic heterocycles. The van der Waals surface area contributed by atoms with E-state index < -0.39 is 23.6 Å². The molecule has 18 nitrogen and oxygen atoms in total. The normalized spacial score (nSPS) is 16.6. The van der Waals surface area contributed by atoms with Crippen molar-refractivity contribution in [2.45, 2.75) is 45.3 Å². The van der Waals surface area contributed by atoms with E-state index in [1.54, 1.807) is 48.5 Å². The number of H-pyrrole nitrogens is 1. The lowest BCUT2D eigenvalue weighted by molar-refractivity contribution is 0.0328. The van der Waals surface area contributed by atoms with Gasteiger partial charge in [-0.15, -0.1) is 0 Å². The number of ether oxygens (including phenoxy) is 1. The van der Waals surface area contributed by atoms with Crippen LogP contribution in [0.3, 0.4) is 0 Å². The van der Waals surface area contributed by atoms with Gasteiger partial charge in [-0.05, 0) is 147 Å². The number of furan rings is 1. The van der Waals surface area contributed by atoms with E-state index in [4.69, 9.17) is 14.4 Å². The molecule has 126 heavy (non-hydrogen) atoms. The Morgan fingerprint density at radius 1 is 0.341 bits per heavy atom. The van der Waals surface area contributed by atoms with Crippen molar-refractivity contribution in [1.82, 2.24) is 20.6 Å². The van der Waals surface area contributed by atoms with Crippen LogP contribution in [0.2, 0.25) is 0 Å². The fourth-order valence-electron chi connectivity index (χ4n) is 18.8. The molecule has 7 aliphatic rings. The number of nitrogens with zero attached hydrogens (tertiary/aromatic N) is 2. The fourth-order valence-corrected chi connectivity index (χ4v) is 18.8. The molecule has 15 aromatic carbocycles. The zero-order valence-corrected chi connectivity index (χ0v) is 67.6. The van der Waals surface area contributed by atoms with Crippen LogP contribution in [0.1, 0.15) is 163 Å². The zero-order chi connectivity index (χ0) is 86.6. The number of aromatic amines is 1. The SMILES string of the molecule is C=c1[nH]c(=O)c2cccc3cccc1c32.Cc1ccc(-c2oc(-c3ccc(C#N)cc3)c3ccccc23)cc1.Cc1ccc(C2OC(c3ccncc3)C3C=CC=CC23)cc1.O=C1CC(=O)c2ccc3c4c(ccc1c24)C(=O)NC3=O.O=C1CC(=O)c2ccc3c4ccc5c6c(ccc(c7ccc1c2c73)c64)C(=O)NC5=O.O=C1CC(=O)c2cccc3cccc1c23. The second-order valence-corrected chi connectivity index (χ2v) is 32.2. The maximum Gasteiger partial charge on any atom is 0.258 e. The van der Waals surface area contributed by atoms with Crippen LogP contribution in [0.5, 0.6) is 0 Å². The van der Waals surface area contributed by atoms with E-state index in [0.717, 1.165) is 98.1 Å². The number of pyridine rings is 2. The van der Waals surface area contributed by atoms with Crippen molar-refractivity contribution in [2.75, 3.05) is 0 Å². The first-order valence-electron chi connectivity index (χ1n) is 41.1. The number of fused-ring (bicyclic) bond motifs is 4. The summed E-state index contributed by atoms with van der Waals surface area (Å²) in [4.78, 5) is 140. The molecule has 604 valence electrons. The lowest BCUT2D eigenvalue weighted by atomic mass is 9.80. The van der Waals surface area contributed by atoms with Gasteiger partial charge in [-0.2, -0.15) is 5.26 Å². The van der Waals surface area contributed by atoms with Crippen molar-refractivity contribution in [1.29, 1.82) is 5.26 Å². The average Bonchev–Trinajstić information content (AvgIpc) is 0.825. The Hall–Kier alpha value is -16.5. The molecule has 1 fully saturated rings. The smallest absolute Gasteiger partial charge is 0.258 e. The number of rotatable bonds is 4. The molecule has 0 saturated carbocycles. The van der Waals surface area contributed by atoms with Gasteiger partial charge in [0.15, 0.2) is 34.7 Å². The maximum absolute atomic E-state index is 12.6. The number of carbonyl (C=O) groups is 10. The lowest BCUT2D eigenvalue weighted by Gasteiger charge is -2.23. The number of imide groups is 2. The van der Waals surface area contributed by atoms with Gasteiger partial charge in [0, 0.05) is 150 Å². The second kappa shape index (κ2) is 31.2. The highest BCUT2D eigenvalue weighted by molar-refractivity contribution is 6.42. The number of aryl methyl sites for hydroxylation is 2. The molecule has 0 radical (unpaired) electrons. The fraction of sp³-hybridized carbons (Fsp3) is 0.0833. The van der Waals surface area contributed by atoms with Crippen LogP contribution in [0.4, 0.5) is 0 Å². The summed E-state index contributed by atoms with van der Waals surface area (Å²) in [5, 5.41) is 29.7. The van der Waals surface area contributed by atoms with Gasteiger partial charge in [0.25, 0.3) is 29.2 Å². The summed E-state index contributed by atoms with van der Waals surface area (Å²) in [5.41, 5.74) is 12.5. The first-order valence-corrected chi connectivity index (χ1v) is 41.1. The molecular weight excluding hydrogens is 1580 g/mol. The van der Waals surface area contributed by atoms with E-state index in [1.165, 1.54) is 34.4 Å². The van der Waals surface area contributed by atoms with E-state index in [9.17, 15) is 52.7 Å². The van der Waals surface area contributed by atoms with Gasteiger partial charge in [-0.1, -0.05) is 218 Å². The number of carbonyl (C=O) groups excluding carboxylic acids is 10. The van der Waals surface area contributed by atoms with E-state index in [-0.39, 0.29) is 71.7 Å². The largest absolute Gasteiger partial charge is 0.455 e. The Bertz CT molecular complexity index is 7600. The summed E-state index contributed by atoms with van der Waals surface area (Å²) in [6.45, 7) is 8.05. The van der Waals surface area contributed by atoms with E-state index in [1.807, 2.05) is 134 Å². The lowest BCUT2D eigenvalue weighted by Crippen LogP contribution is -2.35. The highest BCUT2D eigenvalue weighted by atomic mass is 16.5. The van der Waals surface area contributed by atoms with E-state index >= 15 is 0 Å². The molecule has 0 spiro atoms. The zero-order valence-electron chi connectivity index (χ0n) is 67.6. The summed E-state index contributed by atoms with van der Waals surface area (Å²) in [7, 11) is 0. The number of nitriles is 1. The predicted octanol–water partition coefficient (Wildman–Crippen LogP) is 20.8. The number of Topliss-reactive ketones (excluding diaryl/α,β-unsaturated/α-hetero) is 6. The van der Waals surface area contributed by atoms with Crippen molar-refractivity contribution in [2.24, 2.45) is 11.8 Å². The third kappa shape index (κ3) is 13.2. The van der Waals surface area contributed by atoms with E-state index in [0.29, 0.717) is 99.9 Å². The molecule has 0 bridgehead atoms. The average molecular weight is 1640 g/mol. The quantitative estimate of drug-likeness (QED) is 0.0639. The molecule has 4 unspecified atom stereocenters. The van der Waals surface area contributed by atoms with Gasteiger partial charge in [-0.25, -0.2) is 0 Å². The summed E-state index contributed by atoms with van der Waals surface area (Å²) in [6.07, 6.45) is 12.5. The number of hydrogen-bond donors (Lipinski definition) is 3. The summed E-state index contributed by atoms with van der Waals surface area (Å²) < 4.78 is 12.8. The Balaban J connectivity index is 0.0000000969. The molecule has 18 heteroatoms. The molecule has 6 heterocycles. The van der Waals surface area contributed by atoms with Gasteiger partial charge in [0.1, 0.15) is 11.5 Å². The summed E-state index contributed by atoms with van der Waals surface area (Å²) in [5.74, 6) is -0.299. The second-order valence-electron chi connectivity index (χ2n) is 32.2. The molecule has 18 aromatic rings. The third-order valence-corrected chi connectivity index (χ3v) is 24.8. The van der Waals surface area contributed by atoms with Crippen LogP contribution in [0.15, 0.2) is 301 Å². The Kier molecular flexibility index (Phi) is 19.3. The number of aromatic nitrogens is 2. The van der Waals surface area contributed by atoms with Gasteiger partial charge in [0.2, 0.25) is 0 Å². The van der Waals surface area contributed by atoms with Crippen LogP contribution >= 0.6 is 0 Å². The molecule has 3 N–H and O–H groups in total. The van der Waals surface area contributed by atoms with Gasteiger partial charge < -0.3 is 14.1 Å². The van der Waals surface area contributed by atoms with Crippen molar-refractivity contribution in [3.8, 4) is 28.7 Å². The molecule has 25 rings (SSSR count).